The molecule has 2 N–H and O–H groups in total. The van der Waals surface area contributed by atoms with Gasteiger partial charge in [-0.15, -0.1) is 0 Å². The molecule has 41 heavy (non-hydrogen) atoms. The van der Waals surface area contributed by atoms with Crippen molar-refractivity contribution in [2.75, 3.05) is 18.4 Å². The van der Waals surface area contributed by atoms with Gasteiger partial charge in [-0.1, -0.05) is 12.8 Å². The van der Waals surface area contributed by atoms with Crippen LogP contribution in [0.5, 0.6) is 0 Å². The van der Waals surface area contributed by atoms with Crippen molar-refractivity contribution in [3.8, 4) is 17.3 Å². The Hall–Kier alpha value is -4.46. The Morgan fingerprint density at radius 2 is 2.02 bits per heavy atom. The number of likely N-dealkylation sites (tertiary alicyclic amines) is 1. The fraction of sp³-hybridized carbons (Fsp3) is 0.467. The lowest BCUT2D eigenvalue weighted by Crippen LogP contribution is -2.54. The minimum atomic E-state index is -0.715. The number of hydrogen-bond acceptors (Lipinski definition) is 8. The number of ether oxygens (including phenoxy) is 1. The first-order valence-electron chi connectivity index (χ1n) is 14.2. The maximum absolute atomic E-state index is 13.2. The van der Waals surface area contributed by atoms with Crippen LogP contribution in [0.4, 0.5) is 16.4 Å². The Morgan fingerprint density at radius 3 is 2.73 bits per heavy atom. The van der Waals surface area contributed by atoms with Crippen LogP contribution in [0.15, 0.2) is 48.9 Å². The van der Waals surface area contributed by atoms with Crippen molar-refractivity contribution in [3.63, 3.8) is 0 Å². The first-order valence-corrected chi connectivity index (χ1v) is 14.2. The van der Waals surface area contributed by atoms with E-state index in [1.165, 1.54) is 12.8 Å². The number of carbonyl (C=O) groups excluding carboxylic acids is 2. The number of rotatable bonds is 7. The molecule has 2 aromatic heterocycles. The zero-order valence-electron chi connectivity index (χ0n) is 23.3. The van der Waals surface area contributed by atoms with Gasteiger partial charge in [-0.05, 0) is 62.9 Å². The highest BCUT2D eigenvalue weighted by Crippen LogP contribution is 2.40. The van der Waals surface area contributed by atoms with Gasteiger partial charge in [0.25, 0.3) is 5.91 Å². The van der Waals surface area contributed by atoms with Crippen molar-refractivity contribution < 1.29 is 14.3 Å². The second-order valence-corrected chi connectivity index (χ2v) is 11.8. The van der Waals surface area contributed by atoms with E-state index in [1.54, 1.807) is 29.4 Å². The highest BCUT2D eigenvalue weighted by Gasteiger charge is 2.58. The van der Waals surface area contributed by atoms with E-state index in [2.05, 4.69) is 31.8 Å². The average molecular weight is 555 g/mol. The van der Waals surface area contributed by atoms with Crippen molar-refractivity contribution in [3.05, 3.63) is 54.5 Å². The summed E-state index contributed by atoms with van der Waals surface area (Å²) in [5.74, 6) is 0.809. The largest absolute Gasteiger partial charge is 0.438 e. The molecule has 2 saturated heterocycles. The molecule has 6 rings (SSSR count). The Kier molecular flexibility index (Phi) is 6.85. The highest BCUT2D eigenvalue weighted by atomic mass is 16.6. The van der Waals surface area contributed by atoms with Gasteiger partial charge < -0.3 is 20.3 Å². The van der Waals surface area contributed by atoms with Crippen LogP contribution in [0.3, 0.4) is 0 Å². The molecule has 1 saturated carbocycles. The Balaban J connectivity index is 1.12. The highest BCUT2D eigenvalue weighted by molar-refractivity contribution is 5.95. The van der Waals surface area contributed by atoms with Crippen LogP contribution in [0.25, 0.3) is 11.3 Å². The van der Waals surface area contributed by atoms with Crippen LogP contribution in [0.2, 0.25) is 0 Å². The lowest BCUT2D eigenvalue weighted by Gasteiger charge is -2.34. The zero-order valence-corrected chi connectivity index (χ0v) is 23.3. The van der Waals surface area contributed by atoms with Crippen LogP contribution in [-0.2, 0) is 4.74 Å². The van der Waals surface area contributed by atoms with Gasteiger partial charge in [0, 0.05) is 42.2 Å². The summed E-state index contributed by atoms with van der Waals surface area (Å²) in [5.41, 5.74) is 1.64. The quantitative estimate of drug-likeness (QED) is 0.423. The maximum atomic E-state index is 13.2. The average Bonchev–Trinajstić information content (AvgIpc) is 3.76. The molecule has 1 spiro atoms. The third kappa shape index (κ3) is 5.10. The van der Waals surface area contributed by atoms with E-state index in [0.717, 1.165) is 29.8 Å². The summed E-state index contributed by atoms with van der Waals surface area (Å²) in [4.78, 5) is 35.9. The van der Waals surface area contributed by atoms with Gasteiger partial charge >= 0.3 is 6.09 Å². The molecule has 0 radical (unpaired) electrons. The molecule has 1 aromatic carbocycles. The molecule has 1 aliphatic carbocycles. The second kappa shape index (κ2) is 10.5. The normalized spacial score (nSPS) is 22.4. The van der Waals surface area contributed by atoms with Gasteiger partial charge in [0.2, 0.25) is 5.95 Å². The predicted molar refractivity (Wildman–Crippen MR) is 151 cm³/mol. The summed E-state index contributed by atoms with van der Waals surface area (Å²) in [7, 11) is 0. The minimum Gasteiger partial charge on any atom is -0.438 e. The summed E-state index contributed by atoms with van der Waals surface area (Å²) in [6.45, 7) is 4.73. The first kappa shape index (κ1) is 26.7. The zero-order chi connectivity index (χ0) is 28.6. The SMILES string of the molecule is CC1(C)NC(=O)OC12CCN(C(=O)c1ccc(Nc3nccc(-c4cnn(C(CC#N)C5CCCC5)c4)n3)cc1)C2. The fourth-order valence-corrected chi connectivity index (χ4v) is 6.40. The topological polar surface area (TPSA) is 138 Å². The number of carbonyl (C=O) groups is 2. The third-order valence-corrected chi connectivity index (χ3v) is 8.89. The standard InChI is InChI=1S/C30H34N8O3/c1-29(2)30(41-28(40)36-29)13-16-37(19-30)26(39)21-7-9-23(10-8-21)34-27-32-15-12-24(35-27)22-17-33-38(18-22)25(11-14-31)20-5-3-4-6-20/h7-10,12,15,17-18,20,25H,3-6,11,13,16,19H2,1-2H3,(H,36,40)(H,32,34,35). The molecule has 3 aliphatic rings. The lowest BCUT2D eigenvalue weighted by molar-refractivity contribution is 0.0188. The third-order valence-electron chi connectivity index (χ3n) is 8.89. The molecule has 2 unspecified atom stereocenters. The number of hydrogen-bond donors (Lipinski definition) is 2. The van der Waals surface area contributed by atoms with Gasteiger partial charge in [0.15, 0.2) is 5.60 Å². The van der Waals surface area contributed by atoms with Gasteiger partial charge in [-0.2, -0.15) is 10.4 Å². The van der Waals surface area contributed by atoms with Crippen LogP contribution >= 0.6 is 0 Å². The van der Waals surface area contributed by atoms with E-state index in [-0.39, 0.29) is 11.9 Å². The second-order valence-electron chi connectivity index (χ2n) is 11.8. The Morgan fingerprint density at radius 1 is 1.24 bits per heavy atom. The Labute approximate surface area is 238 Å². The Bertz CT molecular complexity index is 1490. The molecule has 3 fully saturated rings. The minimum absolute atomic E-state index is 0.0827. The summed E-state index contributed by atoms with van der Waals surface area (Å²) in [5, 5.41) is 20.0. The van der Waals surface area contributed by atoms with Gasteiger partial charge in [-0.25, -0.2) is 14.8 Å². The number of nitriles is 1. The molecule has 4 heterocycles. The van der Waals surface area contributed by atoms with Gasteiger partial charge in [-0.3, -0.25) is 9.48 Å². The van der Waals surface area contributed by atoms with E-state index in [9.17, 15) is 14.9 Å². The molecule has 11 nitrogen and oxygen atoms in total. The van der Waals surface area contributed by atoms with E-state index in [1.807, 2.05) is 42.9 Å². The predicted octanol–water partition coefficient (Wildman–Crippen LogP) is 4.83. The summed E-state index contributed by atoms with van der Waals surface area (Å²) in [6, 6.07) is 11.4. The van der Waals surface area contributed by atoms with Crippen molar-refractivity contribution >= 4 is 23.6 Å². The molecule has 212 valence electrons. The molecule has 2 amide bonds. The van der Waals surface area contributed by atoms with E-state index in [0.29, 0.717) is 43.4 Å². The van der Waals surface area contributed by atoms with Crippen molar-refractivity contribution in [1.82, 2.24) is 30.0 Å². The molecule has 2 atom stereocenters. The number of benzene rings is 1. The molecule has 2 aliphatic heterocycles. The van der Waals surface area contributed by atoms with Crippen molar-refractivity contribution in [2.24, 2.45) is 5.92 Å². The molecular weight excluding hydrogens is 520 g/mol. The summed E-state index contributed by atoms with van der Waals surface area (Å²) >= 11 is 0. The van der Waals surface area contributed by atoms with Crippen LogP contribution < -0.4 is 10.6 Å². The smallest absolute Gasteiger partial charge is 0.408 e. The van der Waals surface area contributed by atoms with E-state index in [4.69, 9.17) is 4.74 Å². The van der Waals surface area contributed by atoms with E-state index < -0.39 is 17.2 Å². The molecule has 3 aromatic rings. The number of anilines is 2. The fourth-order valence-electron chi connectivity index (χ4n) is 6.40. The van der Waals surface area contributed by atoms with Gasteiger partial charge in [0.05, 0.1) is 42.5 Å². The monoisotopic (exact) mass is 554 g/mol. The molecule has 0 bridgehead atoms. The maximum Gasteiger partial charge on any atom is 0.408 e. The number of amides is 2. The number of alkyl carbamates (subject to hydrolysis) is 1. The van der Waals surface area contributed by atoms with Crippen molar-refractivity contribution in [1.29, 1.82) is 5.26 Å². The number of nitrogens with zero attached hydrogens (tertiary/aromatic N) is 6. The van der Waals surface area contributed by atoms with Crippen molar-refractivity contribution in [2.45, 2.75) is 69.6 Å². The van der Waals surface area contributed by atoms with Crippen LogP contribution in [-0.4, -0.2) is 60.9 Å². The van der Waals surface area contributed by atoms with E-state index >= 15 is 0 Å². The first-order chi connectivity index (χ1) is 19.8. The van der Waals surface area contributed by atoms with Crippen LogP contribution in [0.1, 0.15) is 68.8 Å². The molecular formula is C30H34N8O3. The van der Waals surface area contributed by atoms with Gasteiger partial charge in [0.1, 0.15) is 0 Å². The van der Waals surface area contributed by atoms with Crippen LogP contribution in [0, 0.1) is 17.2 Å². The lowest BCUT2D eigenvalue weighted by atomic mass is 9.83. The molecule has 11 heteroatoms. The number of nitrogens with one attached hydrogen (secondary N) is 2. The number of aromatic nitrogens is 4. The summed E-state index contributed by atoms with van der Waals surface area (Å²) < 4.78 is 7.56. The summed E-state index contributed by atoms with van der Waals surface area (Å²) in [6.07, 6.45) is 10.8.